The lowest BCUT2D eigenvalue weighted by Crippen LogP contribution is -2.41. The van der Waals surface area contributed by atoms with E-state index in [9.17, 15) is 4.79 Å². The lowest BCUT2D eigenvalue weighted by atomic mass is 10.0. The second-order valence-corrected chi connectivity index (χ2v) is 6.49. The Bertz CT molecular complexity index is 434. The molecule has 0 spiro atoms. The van der Waals surface area contributed by atoms with Crippen molar-refractivity contribution in [1.29, 1.82) is 0 Å². The third-order valence-electron chi connectivity index (χ3n) is 3.89. The molecule has 144 valence electrons. The molecule has 0 aromatic rings. The van der Waals surface area contributed by atoms with Gasteiger partial charge < -0.3 is 23.7 Å². The van der Waals surface area contributed by atoms with Crippen LogP contribution in [-0.2, 0) is 28.5 Å². The lowest BCUT2D eigenvalue weighted by molar-refractivity contribution is -0.185. The Morgan fingerprint density at radius 1 is 1.28 bits per heavy atom. The number of carbonyl (C=O) groups excluding carboxylic acids is 1. The quantitative estimate of drug-likeness (QED) is 0.303. The number of carbonyl (C=O) groups is 1. The van der Waals surface area contributed by atoms with Crippen LogP contribution in [0.4, 0.5) is 0 Å². The molecule has 1 rings (SSSR count). The molecule has 6 heteroatoms. The maximum atomic E-state index is 12.6. The molecule has 0 bridgehead atoms. The van der Waals surface area contributed by atoms with E-state index in [0.717, 1.165) is 6.42 Å². The van der Waals surface area contributed by atoms with Crippen LogP contribution in [0.25, 0.3) is 0 Å². The molecule has 1 fully saturated rings. The summed E-state index contributed by atoms with van der Waals surface area (Å²) in [5.74, 6) is -1.16. The van der Waals surface area contributed by atoms with E-state index < -0.39 is 24.0 Å². The number of esters is 1. The Morgan fingerprint density at radius 2 is 2.00 bits per heavy atom. The van der Waals surface area contributed by atoms with E-state index in [1.807, 2.05) is 20.8 Å². The molecule has 0 radical (unpaired) electrons. The third-order valence-corrected chi connectivity index (χ3v) is 3.89. The van der Waals surface area contributed by atoms with Crippen LogP contribution in [0, 0.1) is 0 Å². The maximum absolute atomic E-state index is 12.6. The van der Waals surface area contributed by atoms with Gasteiger partial charge in [-0.15, -0.1) is 13.2 Å². The van der Waals surface area contributed by atoms with E-state index in [-0.39, 0.29) is 19.0 Å². The summed E-state index contributed by atoms with van der Waals surface area (Å²) < 4.78 is 27.9. The first-order valence-corrected chi connectivity index (χ1v) is 8.78. The van der Waals surface area contributed by atoms with Gasteiger partial charge in [0, 0.05) is 7.11 Å². The number of methoxy groups -OCH3 is 1. The number of hydrogen-bond acceptors (Lipinski definition) is 6. The van der Waals surface area contributed by atoms with Gasteiger partial charge in [-0.2, -0.15) is 0 Å². The van der Waals surface area contributed by atoms with E-state index in [4.69, 9.17) is 23.7 Å². The molecule has 25 heavy (non-hydrogen) atoms. The molecular formula is C19H32O6. The van der Waals surface area contributed by atoms with Crippen molar-refractivity contribution >= 4 is 5.97 Å². The molecule has 0 unspecified atom stereocenters. The van der Waals surface area contributed by atoms with Crippen LogP contribution < -0.4 is 0 Å². The fourth-order valence-electron chi connectivity index (χ4n) is 2.78. The van der Waals surface area contributed by atoms with Gasteiger partial charge in [0.25, 0.3) is 0 Å². The molecule has 1 heterocycles. The van der Waals surface area contributed by atoms with Gasteiger partial charge >= 0.3 is 5.97 Å². The molecule has 1 saturated heterocycles. The number of allylic oxidation sites excluding steroid dienone is 1. The van der Waals surface area contributed by atoms with E-state index in [0.29, 0.717) is 19.3 Å². The molecule has 0 aromatic carbocycles. The zero-order chi connectivity index (χ0) is 18.9. The molecular weight excluding hydrogens is 324 g/mol. The van der Waals surface area contributed by atoms with E-state index >= 15 is 0 Å². The molecule has 0 N–H and O–H groups in total. The molecule has 1 aliphatic heterocycles. The average molecular weight is 356 g/mol. The Labute approximate surface area is 151 Å². The lowest BCUT2D eigenvalue weighted by Gasteiger charge is -2.27. The summed E-state index contributed by atoms with van der Waals surface area (Å²) >= 11 is 0. The Morgan fingerprint density at radius 3 is 2.56 bits per heavy atom. The van der Waals surface area contributed by atoms with Crippen LogP contribution in [0.2, 0.25) is 0 Å². The maximum Gasteiger partial charge on any atom is 0.335 e. The second-order valence-electron chi connectivity index (χ2n) is 6.49. The smallest absolute Gasteiger partial charge is 0.335 e. The van der Waals surface area contributed by atoms with E-state index in [2.05, 4.69) is 13.2 Å². The molecule has 0 aliphatic carbocycles. The summed E-state index contributed by atoms with van der Waals surface area (Å²) in [7, 11) is 1.51. The Kier molecular flexibility index (Phi) is 9.35. The average Bonchev–Trinajstić information content (AvgIpc) is 2.89. The van der Waals surface area contributed by atoms with Crippen LogP contribution >= 0.6 is 0 Å². The summed E-state index contributed by atoms with van der Waals surface area (Å²) in [5, 5.41) is 0. The third kappa shape index (κ3) is 6.90. The van der Waals surface area contributed by atoms with Gasteiger partial charge in [-0.25, -0.2) is 4.79 Å². The normalized spacial score (nSPS) is 24.5. The van der Waals surface area contributed by atoms with Gasteiger partial charge in [-0.05, 0) is 33.1 Å². The fraction of sp³-hybridized carbons (Fsp3) is 0.737. The summed E-state index contributed by atoms with van der Waals surface area (Å²) in [6, 6.07) is 0. The fourth-order valence-corrected chi connectivity index (χ4v) is 2.78. The van der Waals surface area contributed by atoms with Gasteiger partial charge in [-0.3, -0.25) is 0 Å². The number of rotatable bonds is 12. The largest absolute Gasteiger partial charge is 0.458 e. The summed E-state index contributed by atoms with van der Waals surface area (Å²) in [5.41, 5.74) is 0. The molecule has 4 atom stereocenters. The summed E-state index contributed by atoms with van der Waals surface area (Å²) in [4.78, 5) is 12.6. The molecule has 0 saturated carbocycles. The highest BCUT2D eigenvalue weighted by molar-refractivity contribution is 5.75. The molecule has 0 aromatic heterocycles. The highest BCUT2D eigenvalue weighted by Gasteiger charge is 2.45. The Hall–Kier alpha value is -1.21. The van der Waals surface area contributed by atoms with Crippen molar-refractivity contribution in [3.8, 4) is 0 Å². The zero-order valence-electron chi connectivity index (χ0n) is 15.9. The van der Waals surface area contributed by atoms with Gasteiger partial charge in [0.05, 0.1) is 0 Å². The van der Waals surface area contributed by atoms with Crippen molar-refractivity contribution in [3.63, 3.8) is 0 Å². The first-order valence-electron chi connectivity index (χ1n) is 8.78. The van der Waals surface area contributed by atoms with Crippen LogP contribution in [-0.4, -0.2) is 50.1 Å². The predicted molar refractivity (Wildman–Crippen MR) is 95.0 cm³/mol. The van der Waals surface area contributed by atoms with Gasteiger partial charge in [0.15, 0.2) is 11.9 Å². The van der Waals surface area contributed by atoms with Gasteiger partial charge in [-0.1, -0.05) is 25.5 Å². The SMILES string of the molecule is C=CCC[C@@H](OCOC)C(=O)O[C@H](CCC)[C@H]1OC(C)(C)O[C@H]1C=C. The van der Waals surface area contributed by atoms with Crippen LogP contribution in [0.1, 0.15) is 46.5 Å². The summed E-state index contributed by atoms with van der Waals surface area (Å²) in [6.45, 7) is 13.2. The topological polar surface area (TPSA) is 63.2 Å². The number of hydrogen-bond donors (Lipinski definition) is 0. The van der Waals surface area contributed by atoms with Crippen molar-refractivity contribution in [2.45, 2.75) is 76.7 Å². The minimum Gasteiger partial charge on any atom is -0.458 e. The van der Waals surface area contributed by atoms with Crippen LogP contribution in [0.5, 0.6) is 0 Å². The summed E-state index contributed by atoms with van der Waals surface area (Å²) in [6.07, 6.45) is 4.23. The highest BCUT2D eigenvalue weighted by Crippen LogP contribution is 2.33. The monoisotopic (exact) mass is 356 g/mol. The van der Waals surface area contributed by atoms with Crippen molar-refractivity contribution in [2.75, 3.05) is 13.9 Å². The van der Waals surface area contributed by atoms with Crippen molar-refractivity contribution in [1.82, 2.24) is 0 Å². The van der Waals surface area contributed by atoms with Gasteiger partial charge in [0.2, 0.25) is 0 Å². The standard InChI is InChI=1S/C19H32O6/c1-7-10-12-16(22-13-21-6)18(20)23-15(11-8-2)17-14(9-3)24-19(4,5)25-17/h7,9,14-17H,1,3,8,10-13H2,2,4-6H3/t14-,15+,16+,17-/m0/s1. The zero-order valence-corrected chi connectivity index (χ0v) is 15.9. The van der Waals surface area contributed by atoms with Crippen molar-refractivity contribution in [3.05, 3.63) is 25.3 Å². The van der Waals surface area contributed by atoms with E-state index in [1.165, 1.54) is 7.11 Å². The highest BCUT2D eigenvalue weighted by atomic mass is 16.8. The first kappa shape index (κ1) is 21.8. The minimum absolute atomic E-state index is 0.0285. The van der Waals surface area contributed by atoms with E-state index in [1.54, 1.807) is 12.2 Å². The predicted octanol–water partition coefficient (Wildman–Crippen LogP) is 3.36. The molecule has 6 nitrogen and oxygen atoms in total. The minimum atomic E-state index is -0.739. The second kappa shape index (κ2) is 10.7. The Balaban J connectivity index is 2.81. The van der Waals surface area contributed by atoms with Crippen molar-refractivity contribution in [2.24, 2.45) is 0 Å². The molecule has 1 aliphatic rings. The number of ether oxygens (including phenoxy) is 5. The van der Waals surface area contributed by atoms with Gasteiger partial charge in [0.1, 0.15) is 25.1 Å². The van der Waals surface area contributed by atoms with Crippen molar-refractivity contribution < 1.29 is 28.5 Å². The first-order chi connectivity index (χ1) is 11.9. The van der Waals surface area contributed by atoms with Crippen LogP contribution in [0.15, 0.2) is 25.3 Å². The van der Waals surface area contributed by atoms with Crippen LogP contribution in [0.3, 0.4) is 0 Å². The molecule has 0 amide bonds.